The van der Waals surface area contributed by atoms with Crippen molar-refractivity contribution in [2.75, 3.05) is 13.1 Å². The SMILES string of the molecule is Cc1ccc(C(=O)N2CCC(NS(=O)(=O)c3cc(C#N)ccc3Oc3cc(C)cc(Cl)c3)CC2)cc1. The Kier molecular flexibility index (Phi) is 7.65. The third-order valence-corrected chi connectivity index (χ3v) is 7.77. The molecular formula is C27H26ClN3O4S. The lowest BCUT2D eigenvalue weighted by molar-refractivity contribution is 0.0711. The summed E-state index contributed by atoms with van der Waals surface area (Å²) in [7, 11) is -4.02. The molecule has 0 bridgehead atoms. The Balaban J connectivity index is 1.49. The first kappa shape index (κ1) is 25.7. The van der Waals surface area contributed by atoms with Gasteiger partial charge in [-0.1, -0.05) is 29.3 Å². The van der Waals surface area contributed by atoms with Gasteiger partial charge in [-0.05, 0) is 80.8 Å². The monoisotopic (exact) mass is 523 g/mol. The maximum atomic E-state index is 13.4. The van der Waals surface area contributed by atoms with E-state index in [2.05, 4.69) is 4.72 Å². The van der Waals surface area contributed by atoms with Crippen molar-refractivity contribution in [2.24, 2.45) is 0 Å². The van der Waals surface area contributed by atoms with Gasteiger partial charge in [0.15, 0.2) is 0 Å². The van der Waals surface area contributed by atoms with Crippen molar-refractivity contribution in [3.8, 4) is 17.6 Å². The lowest BCUT2D eigenvalue weighted by Crippen LogP contribution is -2.46. The van der Waals surface area contributed by atoms with Crippen LogP contribution in [0.5, 0.6) is 11.5 Å². The van der Waals surface area contributed by atoms with Gasteiger partial charge in [0.2, 0.25) is 10.0 Å². The Labute approximate surface area is 216 Å². The van der Waals surface area contributed by atoms with Crippen LogP contribution in [0.15, 0.2) is 65.6 Å². The third kappa shape index (κ3) is 6.05. The number of nitrogens with one attached hydrogen (secondary N) is 1. The number of hydrogen-bond acceptors (Lipinski definition) is 5. The molecule has 0 saturated carbocycles. The molecule has 0 unspecified atom stereocenters. The molecule has 1 N–H and O–H groups in total. The molecule has 3 aromatic rings. The summed E-state index contributed by atoms with van der Waals surface area (Å²) < 4.78 is 35.4. The summed E-state index contributed by atoms with van der Waals surface area (Å²) in [4.78, 5) is 14.4. The van der Waals surface area contributed by atoms with Crippen LogP contribution < -0.4 is 9.46 Å². The highest BCUT2D eigenvalue weighted by Crippen LogP contribution is 2.32. The quantitative estimate of drug-likeness (QED) is 0.478. The lowest BCUT2D eigenvalue weighted by Gasteiger charge is -2.32. The lowest BCUT2D eigenvalue weighted by atomic mass is 10.0. The normalized spacial score (nSPS) is 14.3. The second-order valence-corrected chi connectivity index (χ2v) is 11.0. The molecule has 0 radical (unpaired) electrons. The molecule has 4 rings (SSSR count). The van der Waals surface area contributed by atoms with Crippen LogP contribution in [0.2, 0.25) is 5.02 Å². The zero-order chi connectivity index (χ0) is 25.9. The number of hydrogen-bond donors (Lipinski definition) is 1. The Morgan fingerprint density at radius 1 is 1.03 bits per heavy atom. The van der Waals surface area contributed by atoms with E-state index in [4.69, 9.17) is 16.3 Å². The highest BCUT2D eigenvalue weighted by atomic mass is 35.5. The fourth-order valence-corrected chi connectivity index (χ4v) is 5.86. The van der Waals surface area contributed by atoms with Crippen molar-refractivity contribution >= 4 is 27.5 Å². The zero-order valence-electron chi connectivity index (χ0n) is 20.0. The summed E-state index contributed by atoms with van der Waals surface area (Å²) in [5.74, 6) is 0.421. The van der Waals surface area contributed by atoms with Crippen molar-refractivity contribution in [1.29, 1.82) is 5.26 Å². The van der Waals surface area contributed by atoms with Gasteiger partial charge in [-0.2, -0.15) is 5.26 Å². The first-order valence-corrected chi connectivity index (χ1v) is 13.4. The number of carbonyl (C=O) groups excluding carboxylic acids is 1. The van der Waals surface area contributed by atoms with Gasteiger partial charge in [0, 0.05) is 29.7 Å². The van der Waals surface area contributed by atoms with Crippen molar-refractivity contribution in [3.05, 3.63) is 87.9 Å². The van der Waals surface area contributed by atoms with E-state index < -0.39 is 10.0 Å². The summed E-state index contributed by atoms with van der Waals surface area (Å²) in [5, 5.41) is 9.80. The molecular weight excluding hydrogens is 498 g/mol. The standard InChI is InChI=1S/C27H26ClN3O4S/c1-18-3-6-21(7-4-18)27(32)31-11-9-23(10-12-31)30-36(33,34)26-15-20(17-29)5-8-25(26)35-24-14-19(2)13-22(28)16-24/h3-8,13-16,23,30H,9-12H2,1-2H3. The maximum Gasteiger partial charge on any atom is 0.253 e. The number of piperidine rings is 1. The Bertz CT molecular complexity index is 1400. The minimum absolute atomic E-state index is 0.0643. The summed E-state index contributed by atoms with van der Waals surface area (Å²) in [6, 6.07) is 18.4. The van der Waals surface area contributed by atoms with Crippen molar-refractivity contribution in [3.63, 3.8) is 0 Å². The van der Waals surface area contributed by atoms with E-state index >= 15 is 0 Å². The summed E-state index contributed by atoms with van der Waals surface area (Å²) in [6.07, 6.45) is 0.941. The van der Waals surface area contributed by atoms with Crippen LogP contribution in [0.25, 0.3) is 0 Å². The molecule has 1 fully saturated rings. The fourth-order valence-electron chi connectivity index (χ4n) is 4.12. The van der Waals surface area contributed by atoms with Crippen molar-refractivity contribution in [2.45, 2.75) is 37.6 Å². The van der Waals surface area contributed by atoms with Crippen LogP contribution in [0.3, 0.4) is 0 Å². The molecule has 186 valence electrons. The Hall–Kier alpha value is -3.38. The maximum absolute atomic E-state index is 13.4. The Morgan fingerprint density at radius 3 is 2.36 bits per heavy atom. The molecule has 1 aliphatic heterocycles. The van der Waals surface area contributed by atoms with Crippen LogP contribution >= 0.6 is 11.6 Å². The molecule has 0 aliphatic carbocycles. The number of ether oxygens (including phenoxy) is 1. The number of nitriles is 1. The smallest absolute Gasteiger partial charge is 0.253 e. The number of nitrogens with zero attached hydrogens (tertiary/aromatic N) is 2. The van der Waals surface area contributed by atoms with Crippen molar-refractivity contribution < 1.29 is 17.9 Å². The topological polar surface area (TPSA) is 99.5 Å². The van der Waals surface area contributed by atoms with E-state index in [9.17, 15) is 18.5 Å². The molecule has 0 spiro atoms. The van der Waals surface area contributed by atoms with E-state index in [-0.39, 0.29) is 28.2 Å². The molecule has 0 aromatic heterocycles. The minimum Gasteiger partial charge on any atom is -0.456 e. The van der Waals surface area contributed by atoms with E-state index in [0.717, 1.165) is 11.1 Å². The fraction of sp³-hybridized carbons (Fsp3) is 0.259. The molecule has 36 heavy (non-hydrogen) atoms. The van der Waals surface area contributed by atoms with Gasteiger partial charge < -0.3 is 9.64 Å². The van der Waals surface area contributed by atoms with Crippen LogP contribution in [0.4, 0.5) is 0 Å². The van der Waals surface area contributed by atoms with Crippen LogP contribution in [-0.2, 0) is 10.0 Å². The number of rotatable bonds is 6. The van der Waals surface area contributed by atoms with Crippen LogP contribution in [0.1, 0.15) is 39.9 Å². The largest absolute Gasteiger partial charge is 0.456 e. The molecule has 3 aromatic carbocycles. The number of likely N-dealkylation sites (tertiary alicyclic amines) is 1. The average Bonchev–Trinajstić information content (AvgIpc) is 2.84. The average molecular weight is 524 g/mol. The first-order valence-electron chi connectivity index (χ1n) is 11.5. The van der Waals surface area contributed by atoms with Gasteiger partial charge in [0.25, 0.3) is 5.91 Å². The highest BCUT2D eigenvalue weighted by Gasteiger charge is 2.29. The van der Waals surface area contributed by atoms with Gasteiger partial charge in [0.1, 0.15) is 16.4 Å². The van der Waals surface area contributed by atoms with Gasteiger partial charge in [0.05, 0.1) is 11.6 Å². The zero-order valence-corrected chi connectivity index (χ0v) is 21.6. The van der Waals surface area contributed by atoms with Crippen LogP contribution in [-0.4, -0.2) is 38.4 Å². The molecule has 1 amide bonds. The van der Waals surface area contributed by atoms with Gasteiger partial charge >= 0.3 is 0 Å². The first-order chi connectivity index (χ1) is 17.1. The molecule has 1 aliphatic rings. The van der Waals surface area contributed by atoms with E-state index in [0.29, 0.717) is 42.3 Å². The van der Waals surface area contributed by atoms with Gasteiger partial charge in [-0.3, -0.25) is 4.79 Å². The number of sulfonamides is 1. The van der Waals surface area contributed by atoms with Crippen molar-refractivity contribution in [1.82, 2.24) is 9.62 Å². The molecule has 1 heterocycles. The van der Waals surface area contributed by atoms with Crippen LogP contribution in [0, 0.1) is 25.2 Å². The number of halogens is 1. The molecule has 7 nitrogen and oxygen atoms in total. The minimum atomic E-state index is -4.02. The van der Waals surface area contributed by atoms with E-state index in [1.54, 1.807) is 35.2 Å². The number of benzene rings is 3. The predicted molar refractivity (Wildman–Crippen MR) is 138 cm³/mol. The summed E-state index contributed by atoms with van der Waals surface area (Å²) in [6.45, 7) is 4.68. The second-order valence-electron chi connectivity index (χ2n) is 8.89. The van der Waals surface area contributed by atoms with Gasteiger partial charge in [-0.15, -0.1) is 0 Å². The summed E-state index contributed by atoms with van der Waals surface area (Å²) in [5.41, 5.74) is 2.75. The number of amides is 1. The molecule has 1 saturated heterocycles. The molecule has 9 heteroatoms. The van der Waals surface area contributed by atoms with E-state index in [1.165, 1.54) is 18.2 Å². The third-order valence-electron chi connectivity index (χ3n) is 6.01. The number of aryl methyl sites for hydroxylation is 2. The Morgan fingerprint density at radius 2 is 1.72 bits per heavy atom. The second kappa shape index (κ2) is 10.7. The summed E-state index contributed by atoms with van der Waals surface area (Å²) >= 11 is 6.12. The predicted octanol–water partition coefficient (Wildman–Crippen LogP) is 5.20. The number of carbonyl (C=O) groups is 1. The highest BCUT2D eigenvalue weighted by molar-refractivity contribution is 7.89. The van der Waals surface area contributed by atoms with E-state index in [1.807, 2.05) is 32.0 Å². The molecule has 0 atom stereocenters. The van der Waals surface area contributed by atoms with Gasteiger partial charge in [-0.25, -0.2) is 13.1 Å².